The first kappa shape index (κ1) is 28.7. The number of esters is 1. The van der Waals surface area contributed by atoms with E-state index in [1.165, 1.54) is 37.7 Å². The number of carbonyl (C=O) groups is 1. The van der Waals surface area contributed by atoms with Gasteiger partial charge in [-0.05, 0) is 62.7 Å². The lowest BCUT2D eigenvalue weighted by atomic mass is 10.0. The largest absolute Gasteiger partial charge is 0.497 e. The van der Waals surface area contributed by atoms with E-state index in [9.17, 15) is 4.79 Å². The Kier molecular flexibility index (Phi) is 13.9. The third-order valence-electron chi connectivity index (χ3n) is 6.07. The molecule has 5 nitrogen and oxygen atoms in total. The van der Waals surface area contributed by atoms with Crippen molar-refractivity contribution in [3.8, 4) is 11.5 Å². The molecule has 35 heavy (non-hydrogen) atoms. The van der Waals surface area contributed by atoms with Crippen molar-refractivity contribution in [1.82, 2.24) is 4.90 Å². The number of ether oxygens (including phenoxy) is 3. The maximum absolute atomic E-state index is 12.5. The topological polar surface area (TPSA) is 48.0 Å². The fraction of sp³-hybridized carbons (Fsp3) is 0.567. The number of aryl methyl sites for hydroxylation is 2. The maximum atomic E-state index is 12.5. The highest BCUT2D eigenvalue weighted by Crippen LogP contribution is 2.22. The standard InChI is InChI=1S/C30H45NO4/c1-5-6-7-8-9-10-11-19-30(32)35-28(23-31(2)3)24-34-29-18-13-12-16-26(29)21-20-25-15-14-17-27(22-25)33-4/h12-18,22,28H,5-11,19-21,23-24H2,1-4H3. The van der Waals surface area contributed by atoms with Crippen molar-refractivity contribution in [2.75, 3.05) is 34.4 Å². The zero-order chi connectivity index (χ0) is 25.3. The lowest BCUT2D eigenvalue weighted by Crippen LogP contribution is -2.35. The molecule has 2 aromatic carbocycles. The Morgan fingerprint density at radius 3 is 2.40 bits per heavy atom. The number of benzene rings is 2. The van der Waals surface area contributed by atoms with Gasteiger partial charge in [-0.25, -0.2) is 0 Å². The summed E-state index contributed by atoms with van der Waals surface area (Å²) in [5.74, 6) is 1.60. The van der Waals surface area contributed by atoms with Crippen LogP contribution in [0.1, 0.15) is 69.4 Å². The lowest BCUT2D eigenvalue weighted by Gasteiger charge is -2.22. The monoisotopic (exact) mass is 483 g/mol. The van der Waals surface area contributed by atoms with Crippen molar-refractivity contribution in [3.05, 3.63) is 59.7 Å². The summed E-state index contributed by atoms with van der Waals surface area (Å²) in [6.45, 7) is 3.21. The quantitative estimate of drug-likeness (QED) is 0.180. The van der Waals surface area contributed by atoms with Crippen LogP contribution in [0.15, 0.2) is 48.5 Å². The van der Waals surface area contributed by atoms with Gasteiger partial charge < -0.3 is 19.1 Å². The van der Waals surface area contributed by atoms with Crippen LogP contribution < -0.4 is 9.47 Å². The van der Waals surface area contributed by atoms with Crippen molar-refractivity contribution in [2.24, 2.45) is 0 Å². The minimum absolute atomic E-state index is 0.125. The van der Waals surface area contributed by atoms with Gasteiger partial charge in [0, 0.05) is 13.0 Å². The molecule has 0 amide bonds. The van der Waals surface area contributed by atoms with Gasteiger partial charge in [0.25, 0.3) is 0 Å². The summed E-state index contributed by atoms with van der Waals surface area (Å²) in [5.41, 5.74) is 2.37. The highest BCUT2D eigenvalue weighted by Gasteiger charge is 2.17. The van der Waals surface area contributed by atoms with E-state index in [1.807, 2.05) is 49.3 Å². The van der Waals surface area contributed by atoms with Crippen LogP contribution in [0.3, 0.4) is 0 Å². The van der Waals surface area contributed by atoms with Crippen LogP contribution in [0, 0.1) is 0 Å². The molecule has 0 bridgehead atoms. The van der Waals surface area contributed by atoms with E-state index >= 15 is 0 Å². The van der Waals surface area contributed by atoms with Crippen LogP contribution in [0.25, 0.3) is 0 Å². The lowest BCUT2D eigenvalue weighted by molar-refractivity contribution is -0.151. The third-order valence-corrected chi connectivity index (χ3v) is 6.07. The number of para-hydroxylation sites is 1. The van der Waals surface area contributed by atoms with Gasteiger partial charge in [-0.3, -0.25) is 4.79 Å². The van der Waals surface area contributed by atoms with Crippen LogP contribution in [0.4, 0.5) is 0 Å². The molecule has 0 spiro atoms. The van der Waals surface area contributed by atoms with Gasteiger partial charge >= 0.3 is 5.97 Å². The summed E-state index contributed by atoms with van der Waals surface area (Å²) in [5, 5.41) is 0. The number of methoxy groups -OCH3 is 1. The molecule has 0 heterocycles. The molecule has 1 unspecified atom stereocenters. The van der Waals surface area contributed by atoms with Crippen LogP contribution in [0.2, 0.25) is 0 Å². The summed E-state index contributed by atoms with van der Waals surface area (Å²) in [7, 11) is 5.66. The second kappa shape index (κ2) is 17.0. The predicted octanol–water partition coefficient (Wildman–Crippen LogP) is 6.47. The molecule has 194 valence electrons. The zero-order valence-corrected chi connectivity index (χ0v) is 22.3. The predicted molar refractivity (Wildman–Crippen MR) is 143 cm³/mol. The number of hydrogen-bond donors (Lipinski definition) is 0. The first-order valence-electron chi connectivity index (χ1n) is 13.2. The highest BCUT2D eigenvalue weighted by molar-refractivity contribution is 5.69. The number of nitrogens with zero attached hydrogens (tertiary/aromatic N) is 1. The minimum atomic E-state index is -0.298. The summed E-state index contributed by atoms with van der Waals surface area (Å²) in [6, 6.07) is 16.3. The molecule has 1 atom stereocenters. The summed E-state index contributed by atoms with van der Waals surface area (Å²) < 4.78 is 17.3. The van der Waals surface area contributed by atoms with Crippen molar-refractivity contribution < 1.29 is 19.0 Å². The van der Waals surface area contributed by atoms with Crippen LogP contribution in [-0.2, 0) is 22.4 Å². The molecule has 0 aliphatic heterocycles. The smallest absolute Gasteiger partial charge is 0.306 e. The molecular formula is C30H45NO4. The molecule has 0 aliphatic carbocycles. The molecule has 0 aliphatic rings. The Bertz CT molecular complexity index is 852. The Hall–Kier alpha value is -2.53. The van der Waals surface area contributed by atoms with Crippen molar-refractivity contribution >= 4 is 5.97 Å². The van der Waals surface area contributed by atoms with Gasteiger partial charge in [0.05, 0.1) is 7.11 Å². The summed E-state index contributed by atoms with van der Waals surface area (Å²) in [4.78, 5) is 14.5. The van der Waals surface area contributed by atoms with Crippen molar-refractivity contribution in [3.63, 3.8) is 0 Å². The summed E-state index contributed by atoms with van der Waals surface area (Å²) >= 11 is 0. The first-order valence-corrected chi connectivity index (χ1v) is 13.2. The first-order chi connectivity index (χ1) is 17.0. The van der Waals surface area contributed by atoms with Gasteiger partial charge in [-0.15, -0.1) is 0 Å². The minimum Gasteiger partial charge on any atom is -0.497 e. The molecule has 2 rings (SSSR count). The normalized spacial score (nSPS) is 11.9. The van der Waals surface area contributed by atoms with Gasteiger partial charge in [0.2, 0.25) is 0 Å². The number of carbonyl (C=O) groups excluding carboxylic acids is 1. The summed E-state index contributed by atoms with van der Waals surface area (Å²) in [6.07, 6.45) is 10.2. The van der Waals surface area contributed by atoms with E-state index in [2.05, 4.69) is 25.1 Å². The van der Waals surface area contributed by atoms with Crippen molar-refractivity contribution in [2.45, 2.75) is 77.2 Å². The molecule has 0 N–H and O–H groups in total. The fourth-order valence-electron chi connectivity index (χ4n) is 4.14. The number of unbranched alkanes of at least 4 members (excludes halogenated alkanes) is 6. The maximum Gasteiger partial charge on any atom is 0.306 e. The molecule has 0 aromatic heterocycles. The van der Waals surface area contributed by atoms with E-state index < -0.39 is 0 Å². The molecule has 5 heteroatoms. The van der Waals surface area contributed by atoms with E-state index in [1.54, 1.807) is 7.11 Å². The molecule has 0 fully saturated rings. The zero-order valence-electron chi connectivity index (χ0n) is 22.3. The molecular weight excluding hydrogens is 438 g/mol. The Balaban J connectivity index is 1.84. The molecule has 0 radical (unpaired) electrons. The van der Waals surface area contributed by atoms with E-state index in [0.717, 1.165) is 42.7 Å². The average Bonchev–Trinajstić information content (AvgIpc) is 2.85. The number of likely N-dealkylation sites (N-methyl/N-ethyl adjacent to an activating group) is 1. The number of hydrogen-bond acceptors (Lipinski definition) is 5. The van der Waals surface area contributed by atoms with Crippen LogP contribution in [0.5, 0.6) is 11.5 Å². The average molecular weight is 484 g/mol. The van der Waals surface area contributed by atoms with E-state index in [4.69, 9.17) is 14.2 Å². The van der Waals surface area contributed by atoms with Crippen LogP contribution >= 0.6 is 0 Å². The fourth-order valence-corrected chi connectivity index (χ4v) is 4.14. The van der Waals surface area contributed by atoms with Gasteiger partial charge in [-0.1, -0.05) is 75.8 Å². The second-order valence-corrected chi connectivity index (χ2v) is 9.52. The van der Waals surface area contributed by atoms with Crippen molar-refractivity contribution in [1.29, 1.82) is 0 Å². The third kappa shape index (κ3) is 12.1. The SMILES string of the molecule is CCCCCCCCCC(=O)OC(COc1ccccc1CCc1cccc(OC)c1)CN(C)C. The molecule has 2 aromatic rings. The van der Waals surface area contributed by atoms with E-state index in [-0.39, 0.29) is 12.1 Å². The van der Waals surface area contributed by atoms with E-state index in [0.29, 0.717) is 19.6 Å². The molecule has 0 saturated carbocycles. The van der Waals surface area contributed by atoms with Gasteiger partial charge in [-0.2, -0.15) is 0 Å². The Labute approximate surface area is 212 Å². The number of rotatable bonds is 18. The Morgan fingerprint density at radius 2 is 1.66 bits per heavy atom. The molecule has 0 saturated heterocycles. The Morgan fingerprint density at radius 1 is 0.914 bits per heavy atom. The van der Waals surface area contributed by atoms with Gasteiger partial charge in [0.1, 0.15) is 24.2 Å². The highest BCUT2D eigenvalue weighted by atomic mass is 16.6. The van der Waals surface area contributed by atoms with Crippen LogP contribution in [-0.4, -0.2) is 51.3 Å². The second-order valence-electron chi connectivity index (χ2n) is 9.52. The van der Waals surface area contributed by atoms with Gasteiger partial charge in [0.15, 0.2) is 0 Å².